The zero-order valence-electron chi connectivity index (χ0n) is 12.0. The van der Waals surface area contributed by atoms with E-state index < -0.39 is 18.4 Å². The molecule has 0 spiro atoms. The van der Waals surface area contributed by atoms with E-state index in [1.54, 1.807) is 0 Å². The fourth-order valence-electron chi connectivity index (χ4n) is 2.21. The van der Waals surface area contributed by atoms with Crippen LogP contribution in [0, 0.1) is 6.58 Å². The SMILES string of the molecule is [CH-]=[CH][Sn]([CH2]CCC)([CH2]CCC)[CH2]CCC.[Li+]. The van der Waals surface area contributed by atoms with Crippen LogP contribution in [0.2, 0.25) is 13.3 Å². The summed E-state index contributed by atoms with van der Waals surface area (Å²) in [6.07, 6.45) is 8.26. The van der Waals surface area contributed by atoms with Crippen molar-refractivity contribution in [1.82, 2.24) is 0 Å². The zero-order chi connectivity index (χ0) is 11.6. The van der Waals surface area contributed by atoms with Crippen molar-refractivity contribution in [3.05, 3.63) is 10.7 Å². The van der Waals surface area contributed by atoms with Crippen molar-refractivity contribution in [3.8, 4) is 0 Å². The van der Waals surface area contributed by atoms with Crippen molar-refractivity contribution >= 4 is 18.4 Å². The van der Waals surface area contributed by atoms with E-state index in [0.29, 0.717) is 0 Å². The number of hydrogen-bond donors (Lipinski definition) is 0. The van der Waals surface area contributed by atoms with Gasteiger partial charge in [0, 0.05) is 0 Å². The first kappa shape index (κ1) is 19.5. The summed E-state index contributed by atoms with van der Waals surface area (Å²) in [7, 11) is 0. The van der Waals surface area contributed by atoms with Gasteiger partial charge in [-0.1, -0.05) is 0 Å². The number of rotatable bonds is 10. The molecule has 0 nitrogen and oxygen atoms in total. The normalized spacial score (nSPS) is 10.9. The van der Waals surface area contributed by atoms with Crippen molar-refractivity contribution in [1.29, 1.82) is 0 Å². The summed E-state index contributed by atoms with van der Waals surface area (Å²) < 4.78 is 6.72. The largest absolute Gasteiger partial charge is 1.00 e. The Kier molecular flexibility index (Phi) is 15.3. The molecular weight excluding hydrogens is 294 g/mol. The maximum absolute atomic E-state index is 6.00. The third-order valence-electron chi connectivity index (χ3n) is 3.44. The van der Waals surface area contributed by atoms with E-state index in [2.05, 4.69) is 24.9 Å². The van der Waals surface area contributed by atoms with Gasteiger partial charge in [-0.05, 0) is 0 Å². The molecule has 0 radical (unpaired) electrons. The third-order valence-corrected chi connectivity index (χ3v) is 17.0. The quantitative estimate of drug-likeness (QED) is 0.428. The van der Waals surface area contributed by atoms with Crippen LogP contribution in [0.4, 0.5) is 0 Å². The molecule has 2 heteroatoms. The molecule has 0 aliphatic carbocycles. The van der Waals surface area contributed by atoms with E-state index in [9.17, 15) is 0 Å². The Hall–Kier alpha value is 1.14. The predicted octanol–water partition coefficient (Wildman–Crippen LogP) is 2.37. The molecule has 0 aromatic rings. The molecule has 0 rings (SSSR count). The molecule has 0 heterocycles. The molecule has 0 aromatic carbocycles. The molecule has 0 N–H and O–H groups in total. The molecule has 0 aliphatic rings. The van der Waals surface area contributed by atoms with Gasteiger partial charge in [0.05, 0.1) is 0 Å². The van der Waals surface area contributed by atoms with E-state index >= 15 is 0 Å². The second-order valence-electron chi connectivity index (χ2n) is 4.84. The second kappa shape index (κ2) is 12.6. The number of unbranched alkanes of at least 4 members (excludes halogenated alkanes) is 3. The van der Waals surface area contributed by atoms with Gasteiger partial charge in [0.1, 0.15) is 0 Å². The fourth-order valence-corrected chi connectivity index (χ4v) is 14.8. The Morgan fingerprint density at radius 2 is 1.12 bits per heavy atom. The molecule has 0 aromatic heterocycles. The first-order valence-corrected chi connectivity index (χ1v) is 14.5. The van der Waals surface area contributed by atoms with Gasteiger partial charge < -0.3 is 0 Å². The molecular formula is C14H29LiSn. The minimum Gasteiger partial charge on any atom is 1.00 e. The first-order valence-electron chi connectivity index (χ1n) is 6.80. The Morgan fingerprint density at radius 1 is 0.812 bits per heavy atom. The topological polar surface area (TPSA) is 0 Å². The number of hydrogen-bond acceptors (Lipinski definition) is 0. The van der Waals surface area contributed by atoms with Crippen LogP contribution in [0.15, 0.2) is 4.09 Å². The van der Waals surface area contributed by atoms with Crippen molar-refractivity contribution in [2.75, 3.05) is 0 Å². The van der Waals surface area contributed by atoms with Crippen molar-refractivity contribution < 1.29 is 18.9 Å². The molecule has 0 atom stereocenters. The van der Waals surface area contributed by atoms with Crippen LogP contribution >= 0.6 is 0 Å². The summed E-state index contributed by atoms with van der Waals surface area (Å²) in [6.45, 7) is 12.9. The summed E-state index contributed by atoms with van der Waals surface area (Å²) in [4.78, 5) is 0. The summed E-state index contributed by atoms with van der Waals surface area (Å²) in [6, 6.07) is 0. The minimum atomic E-state index is -1.96. The average molecular weight is 323 g/mol. The molecule has 16 heavy (non-hydrogen) atoms. The van der Waals surface area contributed by atoms with Crippen molar-refractivity contribution in [2.45, 2.75) is 72.6 Å². The molecule has 0 bridgehead atoms. The summed E-state index contributed by atoms with van der Waals surface area (Å²) in [5, 5.41) is 0. The van der Waals surface area contributed by atoms with Gasteiger partial charge in [0.2, 0.25) is 0 Å². The molecule has 0 saturated heterocycles. The molecule has 0 amide bonds. The van der Waals surface area contributed by atoms with Crippen molar-refractivity contribution in [3.63, 3.8) is 0 Å². The standard InChI is InChI=1S/3C4H9.C2H2.Li.Sn/c3*1-3-4-2;1-2;;/h3*1,3-4H2,2H3;1-2H;;/q;;;-1;+1;. The second-order valence-corrected chi connectivity index (χ2v) is 17.8. The van der Waals surface area contributed by atoms with Gasteiger partial charge in [-0.25, -0.2) is 0 Å². The predicted molar refractivity (Wildman–Crippen MR) is 73.8 cm³/mol. The van der Waals surface area contributed by atoms with Crippen LogP contribution in [-0.4, -0.2) is 18.4 Å². The van der Waals surface area contributed by atoms with Gasteiger partial charge in [-0.15, -0.1) is 0 Å². The summed E-state index contributed by atoms with van der Waals surface area (Å²) in [5.74, 6) is 0. The van der Waals surface area contributed by atoms with Gasteiger partial charge >= 0.3 is 121 Å². The zero-order valence-corrected chi connectivity index (χ0v) is 14.9. The Morgan fingerprint density at radius 3 is 1.31 bits per heavy atom. The Bertz CT molecular complexity index is 135. The molecule has 0 aliphatic heterocycles. The minimum absolute atomic E-state index is 0. The molecule has 0 saturated carbocycles. The van der Waals surface area contributed by atoms with E-state index in [-0.39, 0.29) is 18.9 Å². The Labute approximate surface area is 120 Å². The van der Waals surface area contributed by atoms with E-state index in [0.717, 1.165) is 0 Å². The van der Waals surface area contributed by atoms with Crippen LogP contribution in [-0.2, 0) is 0 Å². The van der Waals surface area contributed by atoms with Gasteiger partial charge in [0.15, 0.2) is 0 Å². The maximum atomic E-state index is 6.00. The van der Waals surface area contributed by atoms with Crippen LogP contribution in [0.25, 0.3) is 0 Å². The van der Waals surface area contributed by atoms with Gasteiger partial charge in [-0.3, -0.25) is 0 Å². The Balaban J connectivity index is 0. The van der Waals surface area contributed by atoms with Crippen LogP contribution in [0.5, 0.6) is 0 Å². The monoisotopic (exact) mass is 324 g/mol. The third kappa shape index (κ3) is 8.26. The maximum Gasteiger partial charge on any atom is 1.00 e. The first-order chi connectivity index (χ1) is 7.24. The molecule has 0 unspecified atom stereocenters. The van der Waals surface area contributed by atoms with Crippen LogP contribution in [0.3, 0.4) is 0 Å². The van der Waals surface area contributed by atoms with Gasteiger partial charge in [-0.2, -0.15) is 0 Å². The average Bonchev–Trinajstić information content (AvgIpc) is 2.29. The van der Waals surface area contributed by atoms with E-state index in [1.807, 2.05) is 0 Å². The van der Waals surface area contributed by atoms with E-state index in [4.69, 9.17) is 6.58 Å². The van der Waals surface area contributed by atoms with Crippen molar-refractivity contribution in [2.24, 2.45) is 0 Å². The van der Waals surface area contributed by atoms with Crippen LogP contribution in [0.1, 0.15) is 59.3 Å². The van der Waals surface area contributed by atoms with Crippen LogP contribution < -0.4 is 18.9 Å². The van der Waals surface area contributed by atoms with E-state index in [1.165, 1.54) is 51.8 Å². The smallest absolute Gasteiger partial charge is 1.00 e. The summed E-state index contributed by atoms with van der Waals surface area (Å²) >= 11 is -1.96. The fraction of sp³-hybridized carbons (Fsp3) is 0.857. The summed E-state index contributed by atoms with van der Waals surface area (Å²) in [5.41, 5.74) is 0. The molecule has 0 fully saturated rings. The molecule has 90 valence electrons. The van der Waals surface area contributed by atoms with Gasteiger partial charge in [0.25, 0.3) is 0 Å².